The van der Waals surface area contributed by atoms with Crippen LogP contribution in [-0.2, 0) is 0 Å². The molecule has 1 saturated heterocycles. The zero-order valence-corrected chi connectivity index (χ0v) is 8.33. The minimum atomic E-state index is -0.797. The second kappa shape index (κ2) is 3.65. The fourth-order valence-corrected chi connectivity index (χ4v) is 1.50. The summed E-state index contributed by atoms with van der Waals surface area (Å²) < 4.78 is 17.9. The quantitative estimate of drug-likeness (QED) is 0.785. The molecule has 0 bridgehead atoms. The fraction of sp³-hybridized carbons (Fsp3) is 0.778. The molecule has 0 spiro atoms. The molecule has 5 heteroatoms. The lowest BCUT2D eigenvalue weighted by Crippen LogP contribution is -2.14. The van der Waals surface area contributed by atoms with Gasteiger partial charge in [0.15, 0.2) is 5.82 Å². The van der Waals surface area contributed by atoms with E-state index in [9.17, 15) is 4.39 Å². The number of aromatic nitrogens is 2. The summed E-state index contributed by atoms with van der Waals surface area (Å²) >= 11 is 0. The number of rotatable bonds is 2. The molecule has 0 aromatic carbocycles. The van der Waals surface area contributed by atoms with E-state index in [1.165, 1.54) is 0 Å². The molecule has 1 fully saturated rings. The van der Waals surface area contributed by atoms with Gasteiger partial charge in [0.05, 0.1) is 6.04 Å². The standard InChI is InChI=1S/C9H14FN3O/c1-5(2)8-12-9(14-13-8)7-3-6(10)4-11-7/h5-7,11H,3-4H2,1-2H3/t6-,7-/m1/s1. The van der Waals surface area contributed by atoms with Crippen molar-refractivity contribution in [3.8, 4) is 0 Å². The minimum absolute atomic E-state index is 0.106. The number of hydrogen-bond acceptors (Lipinski definition) is 4. The van der Waals surface area contributed by atoms with Gasteiger partial charge < -0.3 is 9.84 Å². The highest BCUT2D eigenvalue weighted by Crippen LogP contribution is 2.24. The van der Waals surface area contributed by atoms with Gasteiger partial charge in [-0.3, -0.25) is 0 Å². The van der Waals surface area contributed by atoms with Crippen LogP contribution in [0.4, 0.5) is 4.39 Å². The number of nitrogens with zero attached hydrogens (tertiary/aromatic N) is 2. The van der Waals surface area contributed by atoms with E-state index in [4.69, 9.17) is 4.52 Å². The third-order valence-electron chi connectivity index (χ3n) is 2.35. The molecule has 78 valence electrons. The Morgan fingerprint density at radius 2 is 2.36 bits per heavy atom. The van der Waals surface area contributed by atoms with Crippen molar-refractivity contribution >= 4 is 0 Å². The second-order valence-corrected chi connectivity index (χ2v) is 3.94. The molecule has 2 atom stereocenters. The van der Waals surface area contributed by atoms with E-state index in [0.717, 1.165) is 0 Å². The predicted molar refractivity (Wildman–Crippen MR) is 48.6 cm³/mol. The lowest BCUT2D eigenvalue weighted by atomic mass is 10.2. The lowest BCUT2D eigenvalue weighted by Gasteiger charge is -2.01. The van der Waals surface area contributed by atoms with Crippen molar-refractivity contribution < 1.29 is 8.91 Å². The van der Waals surface area contributed by atoms with Crippen molar-refractivity contribution in [3.05, 3.63) is 11.7 Å². The lowest BCUT2D eigenvalue weighted by molar-refractivity contribution is 0.322. The van der Waals surface area contributed by atoms with Gasteiger partial charge in [0.25, 0.3) is 0 Å². The zero-order chi connectivity index (χ0) is 10.1. The van der Waals surface area contributed by atoms with Crippen molar-refractivity contribution in [2.45, 2.75) is 38.4 Å². The van der Waals surface area contributed by atoms with Gasteiger partial charge in [0, 0.05) is 18.9 Å². The third kappa shape index (κ3) is 1.77. The minimum Gasteiger partial charge on any atom is -0.338 e. The highest BCUT2D eigenvalue weighted by molar-refractivity contribution is 4.99. The van der Waals surface area contributed by atoms with Gasteiger partial charge >= 0.3 is 0 Å². The molecule has 2 heterocycles. The zero-order valence-electron chi connectivity index (χ0n) is 8.33. The third-order valence-corrected chi connectivity index (χ3v) is 2.35. The van der Waals surface area contributed by atoms with Gasteiger partial charge in [-0.15, -0.1) is 0 Å². The van der Waals surface area contributed by atoms with Crippen LogP contribution in [0.1, 0.15) is 43.9 Å². The molecular formula is C9H14FN3O. The summed E-state index contributed by atoms with van der Waals surface area (Å²) in [4.78, 5) is 4.22. The molecule has 0 amide bonds. The van der Waals surface area contributed by atoms with Crippen LogP contribution in [0, 0.1) is 0 Å². The van der Waals surface area contributed by atoms with Gasteiger partial charge in [0.1, 0.15) is 6.17 Å². The van der Waals surface area contributed by atoms with Gasteiger partial charge in [-0.1, -0.05) is 19.0 Å². The van der Waals surface area contributed by atoms with Crippen LogP contribution in [0.3, 0.4) is 0 Å². The first-order valence-corrected chi connectivity index (χ1v) is 4.87. The highest BCUT2D eigenvalue weighted by Gasteiger charge is 2.29. The van der Waals surface area contributed by atoms with E-state index in [-0.39, 0.29) is 12.0 Å². The normalized spacial score (nSPS) is 27.4. The van der Waals surface area contributed by atoms with Crippen LogP contribution in [0.15, 0.2) is 4.52 Å². The van der Waals surface area contributed by atoms with Gasteiger partial charge in [-0.2, -0.15) is 4.98 Å². The van der Waals surface area contributed by atoms with Gasteiger partial charge in [-0.05, 0) is 0 Å². The topological polar surface area (TPSA) is 51.0 Å². The first-order valence-electron chi connectivity index (χ1n) is 4.87. The molecule has 1 aromatic rings. The maximum absolute atomic E-state index is 12.9. The SMILES string of the molecule is CC(C)c1noc([C@H]2C[C@@H](F)CN2)n1. The summed E-state index contributed by atoms with van der Waals surface area (Å²) in [5, 5.41) is 6.84. The van der Waals surface area contributed by atoms with Crippen LogP contribution in [0.5, 0.6) is 0 Å². The molecule has 1 aromatic heterocycles. The van der Waals surface area contributed by atoms with E-state index in [1.54, 1.807) is 0 Å². The summed E-state index contributed by atoms with van der Waals surface area (Å²) in [6.07, 6.45) is -0.367. The van der Waals surface area contributed by atoms with Crippen LogP contribution >= 0.6 is 0 Å². The van der Waals surface area contributed by atoms with E-state index < -0.39 is 6.17 Å². The van der Waals surface area contributed by atoms with Crippen molar-refractivity contribution in [2.24, 2.45) is 0 Å². The van der Waals surface area contributed by atoms with Crippen LogP contribution in [0.25, 0.3) is 0 Å². The average molecular weight is 199 g/mol. The summed E-state index contributed by atoms with van der Waals surface area (Å²) in [6.45, 7) is 4.37. The predicted octanol–water partition coefficient (Wildman–Crippen LogP) is 1.57. The molecule has 0 saturated carbocycles. The van der Waals surface area contributed by atoms with Crippen molar-refractivity contribution in [2.75, 3.05) is 6.54 Å². The van der Waals surface area contributed by atoms with Crippen molar-refractivity contribution in [3.63, 3.8) is 0 Å². The van der Waals surface area contributed by atoms with Gasteiger partial charge in [0.2, 0.25) is 5.89 Å². The van der Waals surface area contributed by atoms with Crippen molar-refractivity contribution in [1.29, 1.82) is 0 Å². The molecule has 1 aliphatic rings. The Balaban J connectivity index is 2.09. The van der Waals surface area contributed by atoms with E-state index in [2.05, 4.69) is 15.5 Å². The molecule has 4 nitrogen and oxygen atoms in total. The van der Waals surface area contributed by atoms with E-state index >= 15 is 0 Å². The average Bonchev–Trinajstić information content (AvgIpc) is 2.70. The number of nitrogens with one attached hydrogen (secondary N) is 1. The summed E-state index contributed by atoms with van der Waals surface area (Å²) in [5.74, 6) is 1.44. The Bertz CT molecular complexity index is 313. The molecule has 1 aliphatic heterocycles. The largest absolute Gasteiger partial charge is 0.338 e. The monoisotopic (exact) mass is 199 g/mol. The Morgan fingerprint density at radius 1 is 1.57 bits per heavy atom. The molecule has 0 radical (unpaired) electrons. The first-order chi connectivity index (χ1) is 6.66. The van der Waals surface area contributed by atoms with Gasteiger partial charge in [-0.25, -0.2) is 4.39 Å². The highest BCUT2D eigenvalue weighted by atomic mass is 19.1. The van der Waals surface area contributed by atoms with E-state index in [1.807, 2.05) is 13.8 Å². The molecule has 2 rings (SSSR count). The Kier molecular flexibility index (Phi) is 2.50. The molecular weight excluding hydrogens is 185 g/mol. The van der Waals surface area contributed by atoms with Crippen LogP contribution in [0.2, 0.25) is 0 Å². The molecule has 1 N–H and O–H groups in total. The Labute approximate surface area is 81.9 Å². The number of alkyl halides is 1. The van der Waals surface area contributed by atoms with Crippen LogP contribution < -0.4 is 5.32 Å². The summed E-state index contributed by atoms with van der Waals surface area (Å²) in [5.41, 5.74) is 0. The summed E-state index contributed by atoms with van der Waals surface area (Å²) in [6, 6.07) is -0.106. The maximum atomic E-state index is 12.9. The molecule has 0 unspecified atom stereocenters. The first kappa shape index (κ1) is 9.58. The molecule has 14 heavy (non-hydrogen) atoms. The Hall–Kier alpha value is -0.970. The number of hydrogen-bond donors (Lipinski definition) is 1. The van der Waals surface area contributed by atoms with E-state index in [0.29, 0.717) is 24.7 Å². The smallest absolute Gasteiger partial charge is 0.243 e. The van der Waals surface area contributed by atoms with Crippen molar-refractivity contribution in [1.82, 2.24) is 15.5 Å². The summed E-state index contributed by atoms with van der Waals surface area (Å²) in [7, 11) is 0. The second-order valence-electron chi connectivity index (χ2n) is 3.94. The molecule has 0 aliphatic carbocycles. The van der Waals surface area contributed by atoms with Crippen LogP contribution in [-0.4, -0.2) is 22.9 Å². The number of halogens is 1. The fourth-order valence-electron chi connectivity index (χ4n) is 1.50. The maximum Gasteiger partial charge on any atom is 0.243 e. The Morgan fingerprint density at radius 3 is 2.86 bits per heavy atom.